The Balaban J connectivity index is 1.83. The van der Waals surface area contributed by atoms with Crippen molar-refractivity contribution in [2.45, 2.75) is 6.42 Å². The summed E-state index contributed by atoms with van der Waals surface area (Å²) in [5.74, 6) is -2.05. The number of aliphatic hydroxyl groups excluding tert-OH is 1. The van der Waals surface area contributed by atoms with Crippen molar-refractivity contribution in [3.63, 3.8) is 0 Å². The van der Waals surface area contributed by atoms with E-state index < -0.39 is 11.9 Å². The number of nitrogens with one attached hydrogen (secondary N) is 1. The maximum absolute atomic E-state index is 12.1. The van der Waals surface area contributed by atoms with Gasteiger partial charge in [0, 0.05) is 56.4 Å². The number of halogens is 1. The molecule has 0 aliphatic carbocycles. The van der Waals surface area contributed by atoms with Gasteiger partial charge in [-0.3, -0.25) is 19.4 Å². The molecular formula is C17H24ClN3O4. The summed E-state index contributed by atoms with van der Waals surface area (Å²) in [5, 5.41) is 21.6. The van der Waals surface area contributed by atoms with Gasteiger partial charge in [-0.1, -0.05) is 11.6 Å². The number of nitrogens with zero attached hydrogens (tertiary/aromatic N) is 2. The van der Waals surface area contributed by atoms with Crippen LogP contribution in [0.3, 0.4) is 0 Å². The molecule has 1 aromatic rings. The van der Waals surface area contributed by atoms with Crippen LogP contribution in [0.1, 0.15) is 6.42 Å². The van der Waals surface area contributed by atoms with Crippen molar-refractivity contribution in [2.75, 3.05) is 51.2 Å². The number of amides is 1. The molecule has 0 saturated carbocycles. The van der Waals surface area contributed by atoms with Gasteiger partial charge in [0.2, 0.25) is 5.91 Å². The quantitative estimate of drug-likeness (QED) is 0.632. The van der Waals surface area contributed by atoms with Crippen LogP contribution in [-0.2, 0) is 9.59 Å². The molecular weight excluding hydrogens is 346 g/mol. The maximum Gasteiger partial charge on any atom is 0.308 e. The number of aliphatic hydroxyl groups is 1. The minimum Gasteiger partial charge on any atom is -0.481 e. The number of carboxylic acids is 1. The van der Waals surface area contributed by atoms with E-state index in [0.29, 0.717) is 23.8 Å². The van der Waals surface area contributed by atoms with Gasteiger partial charge in [-0.25, -0.2) is 0 Å². The first kappa shape index (κ1) is 19.7. The minimum atomic E-state index is -0.968. The number of piperazine rings is 1. The van der Waals surface area contributed by atoms with E-state index in [2.05, 4.69) is 15.1 Å². The normalized spacial score (nSPS) is 17.2. The van der Waals surface area contributed by atoms with Crippen LogP contribution in [0.25, 0.3) is 0 Å². The van der Waals surface area contributed by atoms with Gasteiger partial charge in [0.05, 0.1) is 12.5 Å². The number of β-amino-alcohol motifs (C(OH)–C–C–N with tert-alkyl or cyclic N) is 1. The summed E-state index contributed by atoms with van der Waals surface area (Å²) in [6.45, 7) is 4.18. The lowest BCUT2D eigenvalue weighted by atomic mass is 10.0. The van der Waals surface area contributed by atoms with Crippen LogP contribution in [0, 0.1) is 5.92 Å². The molecule has 1 amide bonds. The van der Waals surface area contributed by atoms with Crippen LogP contribution >= 0.6 is 11.6 Å². The van der Waals surface area contributed by atoms with E-state index >= 15 is 0 Å². The lowest BCUT2D eigenvalue weighted by Gasteiger charge is -2.35. The zero-order chi connectivity index (χ0) is 18.2. The van der Waals surface area contributed by atoms with E-state index in [1.807, 2.05) is 0 Å². The number of carboxylic acid groups (broad SMARTS) is 1. The lowest BCUT2D eigenvalue weighted by Crippen LogP contribution is -2.49. The summed E-state index contributed by atoms with van der Waals surface area (Å²) in [6, 6.07) is 6.68. The smallest absolute Gasteiger partial charge is 0.308 e. The fourth-order valence-corrected chi connectivity index (χ4v) is 2.97. The van der Waals surface area contributed by atoms with Gasteiger partial charge >= 0.3 is 5.97 Å². The molecule has 7 nitrogen and oxygen atoms in total. The van der Waals surface area contributed by atoms with Crippen LogP contribution in [0.5, 0.6) is 0 Å². The zero-order valence-corrected chi connectivity index (χ0v) is 14.8. The fraction of sp³-hybridized carbons (Fsp3) is 0.529. The van der Waals surface area contributed by atoms with Crippen molar-refractivity contribution in [3.05, 3.63) is 29.3 Å². The predicted molar refractivity (Wildman–Crippen MR) is 95.8 cm³/mol. The molecule has 1 fully saturated rings. The first-order chi connectivity index (χ1) is 12.0. The molecule has 3 N–H and O–H groups in total. The lowest BCUT2D eigenvalue weighted by molar-refractivity contribution is -0.144. The zero-order valence-electron chi connectivity index (χ0n) is 14.0. The van der Waals surface area contributed by atoms with Gasteiger partial charge in [0.1, 0.15) is 0 Å². The Hall–Kier alpha value is -1.67. The monoisotopic (exact) mass is 369 g/mol. The number of anilines is 1. The second-order valence-corrected chi connectivity index (χ2v) is 6.60. The third kappa shape index (κ3) is 6.62. The Kier molecular flexibility index (Phi) is 7.64. The number of aliphatic carboxylic acids is 1. The van der Waals surface area contributed by atoms with Gasteiger partial charge < -0.3 is 15.5 Å². The largest absolute Gasteiger partial charge is 0.481 e. The standard InChI is InChI=1S/C17H24ClN3O4/c18-14-1-3-15(4-2-14)19-16(23)11-13(17(24)25)12-21-7-5-20(6-8-21)9-10-22/h1-4,13,22H,5-12H2,(H,19,23)(H,24,25). The number of rotatable bonds is 8. The summed E-state index contributed by atoms with van der Waals surface area (Å²) >= 11 is 5.80. The van der Waals surface area contributed by atoms with E-state index in [-0.39, 0.29) is 18.9 Å². The van der Waals surface area contributed by atoms with Gasteiger partial charge in [0.25, 0.3) is 0 Å². The molecule has 1 aliphatic rings. The average Bonchev–Trinajstić information content (AvgIpc) is 2.58. The SMILES string of the molecule is O=C(CC(CN1CCN(CCO)CC1)C(=O)O)Nc1ccc(Cl)cc1. The van der Waals surface area contributed by atoms with Gasteiger partial charge in [0.15, 0.2) is 0 Å². The minimum absolute atomic E-state index is 0.0746. The molecule has 1 heterocycles. The van der Waals surface area contributed by atoms with E-state index in [9.17, 15) is 14.7 Å². The topological polar surface area (TPSA) is 93.1 Å². The van der Waals surface area contributed by atoms with Crippen LogP contribution in [0.15, 0.2) is 24.3 Å². The number of benzene rings is 1. The summed E-state index contributed by atoms with van der Waals surface area (Å²) in [5.41, 5.74) is 0.594. The molecule has 8 heteroatoms. The molecule has 0 bridgehead atoms. The molecule has 0 aromatic heterocycles. The van der Waals surface area contributed by atoms with E-state index in [4.69, 9.17) is 16.7 Å². The molecule has 1 atom stereocenters. The number of carbonyl (C=O) groups excluding carboxylic acids is 1. The van der Waals surface area contributed by atoms with E-state index in [0.717, 1.165) is 26.2 Å². The average molecular weight is 370 g/mol. The number of carbonyl (C=O) groups is 2. The third-order valence-electron chi connectivity index (χ3n) is 4.27. The van der Waals surface area contributed by atoms with Crippen molar-refractivity contribution in [2.24, 2.45) is 5.92 Å². The molecule has 1 aromatic carbocycles. The maximum atomic E-state index is 12.1. The van der Waals surface area contributed by atoms with Crippen molar-refractivity contribution in [1.82, 2.24) is 9.80 Å². The van der Waals surface area contributed by atoms with Crippen LogP contribution in [0.2, 0.25) is 5.02 Å². The Morgan fingerprint density at radius 2 is 1.72 bits per heavy atom. The Morgan fingerprint density at radius 3 is 2.28 bits per heavy atom. The molecule has 2 rings (SSSR count). The van der Waals surface area contributed by atoms with Crippen molar-refractivity contribution in [3.8, 4) is 0 Å². The van der Waals surface area contributed by atoms with Gasteiger partial charge in [-0.15, -0.1) is 0 Å². The number of hydrogen-bond donors (Lipinski definition) is 3. The Labute approximate surface area is 152 Å². The molecule has 0 spiro atoms. The Morgan fingerprint density at radius 1 is 1.12 bits per heavy atom. The summed E-state index contributed by atoms with van der Waals surface area (Å²) in [6.07, 6.45) is -0.0746. The highest BCUT2D eigenvalue weighted by Gasteiger charge is 2.26. The van der Waals surface area contributed by atoms with Crippen molar-refractivity contribution in [1.29, 1.82) is 0 Å². The summed E-state index contributed by atoms with van der Waals surface area (Å²) in [4.78, 5) is 27.8. The number of hydrogen-bond acceptors (Lipinski definition) is 5. The van der Waals surface area contributed by atoms with Crippen LogP contribution < -0.4 is 5.32 Å². The Bertz CT molecular complexity index is 574. The van der Waals surface area contributed by atoms with Gasteiger partial charge in [-0.2, -0.15) is 0 Å². The third-order valence-corrected chi connectivity index (χ3v) is 4.52. The fourth-order valence-electron chi connectivity index (χ4n) is 2.85. The van der Waals surface area contributed by atoms with E-state index in [1.54, 1.807) is 24.3 Å². The van der Waals surface area contributed by atoms with Crippen molar-refractivity contribution < 1.29 is 19.8 Å². The van der Waals surface area contributed by atoms with Crippen LogP contribution in [0.4, 0.5) is 5.69 Å². The van der Waals surface area contributed by atoms with Gasteiger partial charge in [-0.05, 0) is 24.3 Å². The second-order valence-electron chi connectivity index (χ2n) is 6.16. The molecule has 1 unspecified atom stereocenters. The summed E-state index contributed by atoms with van der Waals surface area (Å²) < 4.78 is 0. The first-order valence-corrected chi connectivity index (χ1v) is 8.69. The first-order valence-electron chi connectivity index (χ1n) is 8.31. The van der Waals surface area contributed by atoms with Crippen molar-refractivity contribution >= 4 is 29.2 Å². The second kappa shape index (κ2) is 9.72. The molecule has 1 aliphatic heterocycles. The van der Waals surface area contributed by atoms with E-state index in [1.165, 1.54) is 0 Å². The molecule has 0 radical (unpaired) electrons. The predicted octanol–water partition coefficient (Wildman–Crippen LogP) is 0.979. The van der Waals surface area contributed by atoms with Crippen LogP contribution in [-0.4, -0.2) is 77.8 Å². The summed E-state index contributed by atoms with van der Waals surface area (Å²) in [7, 11) is 0. The highest BCUT2D eigenvalue weighted by Crippen LogP contribution is 2.15. The highest BCUT2D eigenvalue weighted by atomic mass is 35.5. The molecule has 1 saturated heterocycles. The molecule has 138 valence electrons. The molecule has 25 heavy (non-hydrogen) atoms. The highest BCUT2D eigenvalue weighted by molar-refractivity contribution is 6.30.